The Bertz CT molecular complexity index is 511. The third-order valence-electron chi connectivity index (χ3n) is 4.57. The van der Waals surface area contributed by atoms with Gasteiger partial charge in [-0.2, -0.15) is 0 Å². The molecule has 0 nitrogen and oxygen atoms in total. The summed E-state index contributed by atoms with van der Waals surface area (Å²) < 4.78 is 0. The van der Waals surface area contributed by atoms with Gasteiger partial charge in [0.2, 0.25) is 0 Å². The van der Waals surface area contributed by atoms with Crippen molar-refractivity contribution >= 4 is 5.57 Å². The molecule has 0 aromatic heterocycles. The van der Waals surface area contributed by atoms with E-state index in [2.05, 4.69) is 50.3 Å². The van der Waals surface area contributed by atoms with E-state index in [0.29, 0.717) is 5.41 Å². The Kier molecular flexibility index (Phi) is 2.89. The monoisotopic (exact) mass is 238 g/mol. The van der Waals surface area contributed by atoms with E-state index in [-0.39, 0.29) is 0 Å². The fourth-order valence-corrected chi connectivity index (χ4v) is 3.87. The lowest BCUT2D eigenvalue weighted by Crippen LogP contribution is -2.32. The number of benzene rings is 1. The van der Waals surface area contributed by atoms with Crippen molar-refractivity contribution in [1.29, 1.82) is 0 Å². The molecule has 0 spiro atoms. The number of hydrogen-bond acceptors (Lipinski definition) is 0. The van der Waals surface area contributed by atoms with Gasteiger partial charge in [0.25, 0.3) is 0 Å². The van der Waals surface area contributed by atoms with E-state index in [1.165, 1.54) is 43.2 Å². The van der Waals surface area contributed by atoms with Gasteiger partial charge < -0.3 is 0 Å². The average molecular weight is 238 g/mol. The van der Waals surface area contributed by atoms with Gasteiger partial charge in [-0.25, -0.2) is 0 Å². The Morgan fingerprint density at radius 3 is 2.33 bits per heavy atom. The molecule has 0 heteroatoms. The van der Waals surface area contributed by atoms with Gasteiger partial charge in [0.05, 0.1) is 0 Å². The third kappa shape index (κ3) is 1.59. The minimum absolute atomic E-state index is 0.432. The molecule has 0 unspecified atom stereocenters. The van der Waals surface area contributed by atoms with Gasteiger partial charge in [0, 0.05) is 0 Å². The molecule has 0 aliphatic heterocycles. The first kappa shape index (κ1) is 11.8. The lowest BCUT2D eigenvalue weighted by atomic mass is 9.60. The predicted octanol–water partition coefficient (Wildman–Crippen LogP) is 5.15. The van der Waals surface area contributed by atoms with Gasteiger partial charge in [-0.15, -0.1) is 0 Å². The van der Waals surface area contributed by atoms with Crippen molar-refractivity contribution in [1.82, 2.24) is 0 Å². The molecule has 94 valence electrons. The zero-order valence-electron chi connectivity index (χ0n) is 11.5. The van der Waals surface area contributed by atoms with E-state index < -0.39 is 0 Å². The normalized spacial score (nSPS) is 19.2. The van der Waals surface area contributed by atoms with Gasteiger partial charge in [-0.3, -0.25) is 0 Å². The van der Waals surface area contributed by atoms with Crippen molar-refractivity contribution in [2.75, 3.05) is 0 Å². The van der Waals surface area contributed by atoms with E-state index in [1.807, 2.05) is 0 Å². The van der Waals surface area contributed by atoms with Crippen molar-refractivity contribution in [2.24, 2.45) is 5.41 Å². The van der Waals surface area contributed by atoms with Crippen LogP contribution in [0.5, 0.6) is 0 Å². The van der Waals surface area contributed by atoms with E-state index in [1.54, 1.807) is 11.1 Å². The molecule has 3 rings (SSSR count). The van der Waals surface area contributed by atoms with Gasteiger partial charge in [-0.05, 0) is 47.0 Å². The number of fused-ring (bicyclic) bond motifs is 2. The van der Waals surface area contributed by atoms with Crippen LogP contribution in [0.15, 0.2) is 42.0 Å². The summed E-state index contributed by atoms with van der Waals surface area (Å²) in [6, 6.07) is 8.97. The van der Waals surface area contributed by atoms with Crippen molar-refractivity contribution in [3.63, 3.8) is 0 Å². The summed E-state index contributed by atoms with van der Waals surface area (Å²) in [7, 11) is 0. The minimum Gasteiger partial charge on any atom is -0.0654 e. The standard InChI is InChI=1S/C18H22/c1-3-11-18(12-4-2)13-14-7-5-6-8-15(14)16-9-10-17(16)18/h5-10H,3-4,11-13H2,1-2H3. The smallest absolute Gasteiger partial charge is 0.0000484 e. The molecule has 0 amide bonds. The molecular formula is C18H22. The molecule has 0 saturated heterocycles. The Balaban J connectivity index is 2.07. The van der Waals surface area contributed by atoms with Gasteiger partial charge in [0.15, 0.2) is 0 Å². The second kappa shape index (κ2) is 4.42. The fourth-order valence-electron chi connectivity index (χ4n) is 3.87. The summed E-state index contributed by atoms with van der Waals surface area (Å²) >= 11 is 0. The Morgan fingerprint density at radius 1 is 1.00 bits per heavy atom. The van der Waals surface area contributed by atoms with E-state index in [0.717, 1.165) is 0 Å². The first-order chi connectivity index (χ1) is 8.80. The molecule has 0 heterocycles. The highest BCUT2D eigenvalue weighted by Gasteiger charge is 2.39. The lowest BCUT2D eigenvalue weighted by Gasteiger charge is -2.43. The fraction of sp³-hybridized carbons (Fsp3) is 0.444. The van der Waals surface area contributed by atoms with Crippen LogP contribution in [0.4, 0.5) is 0 Å². The summed E-state index contributed by atoms with van der Waals surface area (Å²) in [5, 5.41) is 0. The Labute approximate surface area is 110 Å². The van der Waals surface area contributed by atoms with Crippen LogP contribution in [0.3, 0.4) is 0 Å². The van der Waals surface area contributed by atoms with Crippen molar-refractivity contribution in [2.45, 2.75) is 46.0 Å². The summed E-state index contributed by atoms with van der Waals surface area (Å²) in [5.41, 5.74) is 6.64. The highest BCUT2D eigenvalue weighted by molar-refractivity contribution is 5.89. The third-order valence-corrected chi connectivity index (χ3v) is 4.57. The first-order valence-corrected chi connectivity index (χ1v) is 7.32. The van der Waals surface area contributed by atoms with Crippen LogP contribution in [0.25, 0.3) is 5.57 Å². The van der Waals surface area contributed by atoms with Crippen LogP contribution >= 0.6 is 0 Å². The molecule has 0 atom stereocenters. The molecule has 1 aromatic carbocycles. The lowest BCUT2D eigenvalue weighted by molar-refractivity contribution is 0.293. The van der Waals surface area contributed by atoms with Crippen LogP contribution in [0.2, 0.25) is 0 Å². The summed E-state index contributed by atoms with van der Waals surface area (Å²) in [6.07, 6.45) is 11.2. The van der Waals surface area contributed by atoms with Crippen molar-refractivity contribution in [3.05, 3.63) is 53.1 Å². The van der Waals surface area contributed by atoms with Crippen LogP contribution < -0.4 is 0 Å². The van der Waals surface area contributed by atoms with Crippen LogP contribution in [-0.2, 0) is 6.42 Å². The molecular weight excluding hydrogens is 216 g/mol. The number of allylic oxidation sites excluding steroid dienone is 4. The van der Waals surface area contributed by atoms with Crippen LogP contribution in [0, 0.1) is 5.41 Å². The molecule has 2 aliphatic rings. The molecule has 0 fully saturated rings. The molecule has 2 aliphatic carbocycles. The van der Waals surface area contributed by atoms with Crippen LogP contribution in [0.1, 0.15) is 50.7 Å². The van der Waals surface area contributed by atoms with E-state index in [4.69, 9.17) is 0 Å². The maximum Gasteiger partial charge on any atom is -0.0000484 e. The second-order valence-corrected chi connectivity index (χ2v) is 5.77. The molecule has 0 radical (unpaired) electrons. The van der Waals surface area contributed by atoms with Crippen LogP contribution in [-0.4, -0.2) is 0 Å². The van der Waals surface area contributed by atoms with Crippen molar-refractivity contribution in [3.8, 4) is 0 Å². The quantitative estimate of drug-likeness (QED) is 0.680. The average Bonchev–Trinajstić information content (AvgIpc) is 2.30. The Hall–Kier alpha value is -1.30. The minimum atomic E-state index is 0.432. The van der Waals surface area contributed by atoms with Crippen molar-refractivity contribution < 1.29 is 0 Å². The second-order valence-electron chi connectivity index (χ2n) is 5.77. The topological polar surface area (TPSA) is 0 Å². The zero-order chi connectivity index (χ0) is 12.6. The number of hydrogen-bond donors (Lipinski definition) is 0. The molecule has 18 heavy (non-hydrogen) atoms. The summed E-state index contributed by atoms with van der Waals surface area (Å²) in [4.78, 5) is 0. The van der Waals surface area contributed by atoms with E-state index >= 15 is 0 Å². The first-order valence-electron chi connectivity index (χ1n) is 7.32. The Morgan fingerprint density at radius 2 is 1.72 bits per heavy atom. The molecule has 0 saturated carbocycles. The van der Waals surface area contributed by atoms with Gasteiger partial charge in [-0.1, -0.05) is 63.1 Å². The van der Waals surface area contributed by atoms with E-state index in [9.17, 15) is 0 Å². The number of rotatable bonds is 4. The van der Waals surface area contributed by atoms with Gasteiger partial charge >= 0.3 is 0 Å². The summed E-state index contributed by atoms with van der Waals surface area (Å²) in [5.74, 6) is 0. The maximum absolute atomic E-state index is 2.37. The largest absolute Gasteiger partial charge is 0.0654 e. The van der Waals surface area contributed by atoms with Gasteiger partial charge in [0.1, 0.15) is 0 Å². The molecule has 0 bridgehead atoms. The molecule has 1 aromatic rings. The predicted molar refractivity (Wildman–Crippen MR) is 78.5 cm³/mol. The maximum atomic E-state index is 2.37. The molecule has 0 N–H and O–H groups in total. The summed E-state index contributed by atoms with van der Waals surface area (Å²) in [6.45, 7) is 4.64. The highest BCUT2D eigenvalue weighted by atomic mass is 14.4. The SMILES string of the molecule is CCCC1(CCC)Cc2ccccc2C2=C1C=C2. The zero-order valence-corrected chi connectivity index (χ0v) is 11.5. The highest BCUT2D eigenvalue weighted by Crippen LogP contribution is 2.52.